The molecule has 7 nitrogen and oxygen atoms in total. The predicted molar refractivity (Wildman–Crippen MR) is 87.1 cm³/mol. The highest BCUT2D eigenvalue weighted by atomic mass is 32.2. The largest absolute Gasteiger partial charge is 0.384 e. The molecule has 1 aromatic carbocycles. The first kappa shape index (κ1) is 19.3. The fourth-order valence-corrected chi connectivity index (χ4v) is 5.53. The molecule has 0 aliphatic carbocycles. The van der Waals surface area contributed by atoms with Crippen LogP contribution in [0.2, 0.25) is 0 Å². The zero-order chi connectivity index (χ0) is 18.0. The Morgan fingerprint density at radius 3 is 2.21 bits per heavy atom. The number of halogens is 1. The Hall–Kier alpha value is -1.07. The lowest BCUT2D eigenvalue weighted by atomic mass is 10.2. The smallest absolute Gasteiger partial charge is 0.243 e. The summed E-state index contributed by atoms with van der Waals surface area (Å²) in [6.07, 6.45) is 0. The average Bonchev–Trinajstić information content (AvgIpc) is 2.52. The van der Waals surface area contributed by atoms with Crippen molar-refractivity contribution in [3.8, 4) is 0 Å². The Labute approximate surface area is 142 Å². The summed E-state index contributed by atoms with van der Waals surface area (Å²) in [5, 5.41) is 0. The summed E-state index contributed by atoms with van der Waals surface area (Å²) in [5.41, 5.74) is 0.324. The van der Waals surface area contributed by atoms with Crippen LogP contribution in [0.1, 0.15) is 5.56 Å². The lowest BCUT2D eigenvalue weighted by Crippen LogP contribution is -2.51. The molecule has 136 valence electrons. The van der Waals surface area contributed by atoms with Crippen LogP contribution in [0.5, 0.6) is 0 Å². The highest BCUT2D eigenvalue weighted by molar-refractivity contribution is 7.89. The minimum Gasteiger partial charge on any atom is -0.384 e. The summed E-state index contributed by atoms with van der Waals surface area (Å²) >= 11 is 0. The van der Waals surface area contributed by atoms with E-state index < -0.39 is 25.9 Å². The van der Waals surface area contributed by atoms with Gasteiger partial charge in [0.25, 0.3) is 0 Å². The molecular weight excluding hydrogens is 359 g/mol. The van der Waals surface area contributed by atoms with Gasteiger partial charge >= 0.3 is 0 Å². The molecule has 0 N–H and O–H groups in total. The van der Waals surface area contributed by atoms with Gasteiger partial charge < -0.3 is 4.74 Å². The molecule has 0 bridgehead atoms. The highest BCUT2D eigenvalue weighted by Gasteiger charge is 2.33. The van der Waals surface area contributed by atoms with Gasteiger partial charge in [-0.1, -0.05) is 0 Å². The van der Waals surface area contributed by atoms with Crippen molar-refractivity contribution in [1.82, 2.24) is 8.61 Å². The lowest BCUT2D eigenvalue weighted by molar-refractivity contribution is 0.213. The predicted octanol–water partition coefficient (Wildman–Crippen LogP) is 0.417. The molecule has 10 heteroatoms. The van der Waals surface area contributed by atoms with Crippen LogP contribution >= 0.6 is 0 Å². The van der Waals surface area contributed by atoms with E-state index in [1.165, 1.54) is 34.8 Å². The normalized spacial score (nSPS) is 18.0. The number of aryl methyl sites for hydroxylation is 1. The Morgan fingerprint density at radius 1 is 1.08 bits per heavy atom. The van der Waals surface area contributed by atoms with Gasteiger partial charge in [0.05, 0.1) is 17.3 Å². The third-order valence-corrected chi connectivity index (χ3v) is 7.78. The van der Waals surface area contributed by atoms with Crippen molar-refractivity contribution in [1.29, 1.82) is 0 Å². The second-order valence-corrected chi connectivity index (χ2v) is 9.52. The van der Waals surface area contributed by atoms with E-state index in [2.05, 4.69) is 0 Å². The third-order valence-electron chi connectivity index (χ3n) is 3.89. The molecule has 1 aromatic rings. The molecule has 0 atom stereocenters. The first-order valence-corrected chi connectivity index (χ1v) is 10.5. The quantitative estimate of drug-likeness (QED) is 0.714. The molecule has 1 aliphatic rings. The summed E-state index contributed by atoms with van der Waals surface area (Å²) < 4.78 is 70.0. The number of ether oxygens (including phenoxy) is 1. The second-order valence-electron chi connectivity index (χ2n) is 5.52. The van der Waals surface area contributed by atoms with Crippen LogP contribution in [-0.4, -0.2) is 71.1 Å². The monoisotopic (exact) mass is 380 g/mol. The number of rotatable bonds is 6. The van der Waals surface area contributed by atoms with Gasteiger partial charge in [-0.05, 0) is 30.7 Å². The molecule has 0 spiro atoms. The Kier molecular flexibility index (Phi) is 5.97. The zero-order valence-corrected chi connectivity index (χ0v) is 15.2. The summed E-state index contributed by atoms with van der Waals surface area (Å²) in [6.45, 7) is 1.92. The van der Waals surface area contributed by atoms with Crippen LogP contribution in [0.25, 0.3) is 0 Å². The fourth-order valence-electron chi connectivity index (χ4n) is 2.55. The van der Waals surface area contributed by atoms with Crippen molar-refractivity contribution in [3.05, 3.63) is 29.6 Å². The van der Waals surface area contributed by atoms with Crippen LogP contribution in [0.3, 0.4) is 0 Å². The van der Waals surface area contributed by atoms with E-state index in [4.69, 9.17) is 4.74 Å². The Balaban J connectivity index is 2.11. The molecule has 0 radical (unpaired) electrons. The number of hydrogen-bond acceptors (Lipinski definition) is 5. The van der Waals surface area contributed by atoms with Crippen molar-refractivity contribution in [2.45, 2.75) is 11.8 Å². The summed E-state index contributed by atoms with van der Waals surface area (Å²) in [5.74, 6) is -0.631. The van der Waals surface area contributed by atoms with Crippen molar-refractivity contribution in [2.75, 3.05) is 45.6 Å². The van der Waals surface area contributed by atoms with Gasteiger partial charge in [0.2, 0.25) is 20.0 Å². The summed E-state index contributed by atoms with van der Waals surface area (Å²) in [7, 11) is -5.81. The molecule has 0 amide bonds. The van der Waals surface area contributed by atoms with E-state index in [1.54, 1.807) is 0 Å². The van der Waals surface area contributed by atoms with Crippen LogP contribution < -0.4 is 0 Å². The molecule has 0 aromatic heterocycles. The van der Waals surface area contributed by atoms with E-state index in [0.717, 1.165) is 6.07 Å². The standard InChI is InChI=1S/C14H21FN2O5S2/c1-12-11-13(15)3-4-14(12)24(20,21)17-7-5-16(6-8-17)23(18,19)10-9-22-2/h3-4,11H,5-10H2,1-2H3. The second kappa shape index (κ2) is 7.44. The number of hydrogen-bond donors (Lipinski definition) is 0. The first-order chi connectivity index (χ1) is 11.2. The SMILES string of the molecule is COCCS(=O)(=O)N1CCN(S(=O)(=O)c2ccc(F)cc2C)CC1. The van der Waals surface area contributed by atoms with E-state index in [1.807, 2.05) is 0 Å². The average molecular weight is 380 g/mol. The van der Waals surface area contributed by atoms with Gasteiger partial charge in [0.1, 0.15) is 5.82 Å². The fraction of sp³-hybridized carbons (Fsp3) is 0.571. The molecule has 2 rings (SSSR count). The van der Waals surface area contributed by atoms with Crippen molar-refractivity contribution in [2.24, 2.45) is 0 Å². The number of piperazine rings is 1. The molecule has 0 saturated carbocycles. The van der Waals surface area contributed by atoms with Gasteiger partial charge in [-0.3, -0.25) is 0 Å². The van der Waals surface area contributed by atoms with Gasteiger partial charge in [-0.2, -0.15) is 8.61 Å². The van der Waals surface area contributed by atoms with Gasteiger partial charge in [-0.25, -0.2) is 21.2 Å². The van der Waals surface area contributed by atoms with Gasteiger partial charge in [0.15, 0.2) is 0 Å². The van der Waals surface area contributed by atoms with Crippen molar-refractivity contribution < 1.29 is 26.0 Å². The molecule has 1 heterocycles. The molecule has 1 saturated heterocycles. The minimum absolute atomic E-state index is 0.0413. The number of benzene rings is 1. The molecule has 1 aliphatic heterocycles. The Morgan fingerprint density at radius 2 is 1.67 bits per heavy atom. The minimum atomic E-state index is -3.77. The topological polar surface area (TPSA) is 84.0 Å². The van der Waals surface area contributed by atoms with E-state index in [9.17, 15) is 21.2 Å². The number of nitrogens with zero attached hydrogens (tertiary/aromatic N) is 2. The van der Waals surface area contributed by atoms with Crippen LogP contribution in [0.4, 0.5) is 4.39 Å². The molecule has 1 fully saturated rings. The maximum absolute atomic E-state index is 13.2. The molecule has 24 heavy (non-hydrogen) atoms. The molecular formula is C14H21FN2O5S2. The Bertz CT molecular complexity index is 787. The summed E-state index contributed by atoms with van der Waals surface area (Å²) in [4.78, 5) is 0.0413. The highest BCUT2D eigenvalue weighted by Crippen LogP contribution is 2.22. The number of sulfonamides is 2. The van der Waals surface area contributed by atoms with E-state index in [0.29, 0.717) is 5.56 Å². The van der Waals surface area contributed by atoms with Crippen LogP contribution in [0.15, 0.2) is 23.1 Å². The van der Waals surface area contributed by atoms with E-state index in [-0.39, 0.29) is 43.4 Å². The van der Waals surface area contributed by atoms with Crippen LogP contribution in [-0.2, 0) is 24.8 Å². The number of methoxy groups -OCH3 is 1. The zero-order valence-electron chi connectivity index (χ0n) is 13.6. The first-order valence-electron chi connectivity index (χ1n) is 7.41. The van der Waals surface area contributed by atoms with Gasteiger partial charge in [0, 0.05) is 33.3 Å². The molecule has 0 unspecified atom stereocenters. The van der Waals surface area contributed by atoms with E-state index >= 15 is 0 Å². The van der Waals surface area contributed by atoms with Crippen molar-refractivity contribution >= 4 is 20.0 Å². The maximum Gasteiger partial charge on any atom is 0.243 e. The van der Waals surface area contributed by atoms with Crippen LogP contribution in [0, 0.1) is 12.7 Å². The van der Waals surface area contributed by atoms with Crippen molar-refractivity contribution in [3.63, 3.8) is 0 Å². The third kappa shape index (κ3) is 4.12. The van der Waals surface area contributed by atoms with Gasteiger partial charge in [-0.15, -0.1) is 0 Å². The maximum atomic E-state index is 13.2. The lowest BCUT2D eigenvalue weighted by Gasteiger charge is -2.33. The summed E-state index contributed by atoms with van der Waals surface area (Å²) in [6, 6.07) is 3.51.